The Balaban J connectivity index is 1.62. The first kappa shape index (κ1) is 21.1. The number of methoxy groups -OCH3 is 1. The second-order valence-electron chi connectivity index (χ2n) is 7.58. The smallest absolute Gasteiger partial charge is 0.255 e. The molecular weight excluding hydrogens is 378 g/mol. The maximum atomic E-state index is 12.9. The van der Waals surface area contributed by atoms with Crippen molar-refractivity contribution >= 4 is 23.4 Å². The number of halogens is 1. The molecule has 6 nitrogen and oxygen atoms in total. The van der Waals surface area contributed by atoms with E-state index >= 15 is 0 Å². The van der Waals surface area contributed by atoms with Crippen molar-refractivity contribution in [2.24, 2.45) is 5.92 Å². The van der Waals surface area contributed by atoms with E-state index in [0.717, 1.165) is 12.8 Å². The number of rotatable bonds is 7. The lowest BCUT2D eigenvalue weighted by molar-refractivity contribution is -0.129. The summed E-state index contributed by atoms with van der Waals surface area (Å²) in [5, 5.41) is 3.50. The van der Waals surface area contributed by atoms with Crippen molar-refractivity contribution in [1.29, 1.82) is 0 Å². The molecule has 1 saturated carbocycles. The third-order valence-corrected chi connectivity index (χ3v) is 6.15. The van der Waals surface area contributed by atoms with Crippen molar-refractivity contribution in [3.63, 3.8) is 0 Å². The second kappa shape index (κ2) is 10.2. The van der Waals surface area contributed by atoms with E-state index in [9.17, 15) is 9.59 Å². The average molecular weight is 408 g/mol. The molecule has 28 heavy (non-hydrogen) atoms. The number of carbonyl (C=O) groups is 2. The molecule has 7 heteroatoms. The Morgan fingerprint density at radius 2 is 1.86 bits per heavy atom. The zero-order valence-corrected chi connectivity index (χ0v) is 17.3. The number of amides is 2. The predicted octanol–water partition coefficient (Wildman–Crippen LogP) is 2.42. The van der Waals surface area contributed by atoms with Crippen molar-refractivity contribution in [3.05, 3.63) is 34.9 Å². The molecule has 0 bridgehead atoms. The SMILES string of the molecule is COCCNC(=O)C(C1CCCC1)N1CCN(C(=O)c2ccccc2Cl)CC1. The van der Waals surface area contributed by atoms with Gasteiger partial charge in [0.1, 0.15) is 0 Å². The highest BCUT2D eigenvalue weighted by Gasteiger charge is 2.37. The van der Waals surface area contributed by atoms with Gasteiger partial charge in [-0.3, -0.25) is 14.5 Å². The van der Waals surface area contributed by atoms with E-state index in [0.29, 0.717) is 55.8 Å². The van der Waals surface area contributed by atoms with Crippen molar-refractivity contribution in [1.82, 2.24) is 15.1 Å². The van der Waals surface area contributed by atoms with E-state index in [-0.39, 0.29) is 17.9 Å². The Hall–Kier alpha value is -1.63. The molecule has 3 rings (SSSR count). The minimum absolute atomic E-state index is 0.0350. The van der Waals surface area contributed by atoms with Crippen LogP contribution in [0.25, 0.3) is 0 Å². The summed E-state index contributed by atoms with van der Waals surface area (Å²) in [7, 11) is 1.63. The van der Waals surface area contributed by atoms with Gasteiger partial charge >= 0.3 is 0 Å². The molecule has 1 aliphatic heterocycles. The molecule has 0 aromatic heterocycles. The molecule has 2 amide bonds. The fourth-order valence-corrected chi connectivity index (χ4v) is 4.56. The molecule has 1 saturated heterocycles. The fraction of sp³-hybridized carbons (Fsp3) is 0.619. The van der Waals surface area contributed by atoms with Gasteiger partial charge in [-0.2, -0.15) is 0 Å². The topological polar surface area (TPSA) is 61.9 Å². The molecular formula is C21H30ClN3O3. The van der Waals surface area contributed by atoms with Crippen LogP contribution in [-0.2, 0) is 9.53 Å². The Bertz CT molecular complexity index is 671. The number of carbonyl (C=O) groups excluding carboxylic acids is 2. The first-order valence-corrected chi connectivity index (χ1v) is 10.5. The highest BCUT2D eigenvalue weighted by Crippen LogP contribution is 2.31. The highest BCUT2D eigenvalue weighted by molar-refractivity contribution is 6.33. The van der Waals surface area contributed by atoms with E-state index < -0.39 is 0 Å². The molecule has 1 N–H and O–H groups in total. The minimum Gasteiger partial charge on any atom is -0.383 e. The van der Waals surface area contributed by atoms with E-state index in [1.54, 1.807) is 19.2 Å². The van der Waals surface area contributed by atoms with E-state index in [1.165, 1.54) is 12.8 Å². The van der Waals surface area contributed by atoms with Gasteiger partial charge < -0.3 is 15.0 Å². The summed E-state index contributed by atoms with van der Waals surface area (Å²) in [6, 6.07) is 7.05. The van der Waals surface area contributed by atoms with Gasteiger partial charge in [0.15, 0.2) is 0 Å². The van der Waals surface area contributed by atoms with Gasteiger partial charge in [0, 0.05) is 39.8 Å². The van der Waals surface area contributed by atoms with Crippen LogP contribution in [0.4, 0.5) is 0 Å². The van der Waals surface area contributed by atoms with Crippen LogP contribution >= 0.6 is 11.6 Å². The molecule has 1 atom stereocenters. The van der Waals surface area contributed by atoms with Gasteiger partial charge in [0.05, 0.1) is 23.2 Å². The van der Waals surface area contributed by atoms with Gasteiger partial charge in [-0.05, 0) is 30.9 Å². The first-order valence-electron chi connectivity index (χ1n) is 10.2. The monoisotopic (exact) mass is 407 g/mol. The number of nitrogens with zero attached hydrogens (tertiary/aromatic N) is 2. The number of hydrogen-bond donors (Lipinski definition) is 1. The summed E-state index contributed by atoms with van der Waals surface area (Å²) < 4.78 is 5.05. The van der Waals surface area contributed by atoms with Crippen molar-refractivity contribution in [2.75, 3.05) is 46.4 Å². The Morgan fingerprint density at radius 1 is 1.18 bits per heavy atom. The zero-order chi connectivity index (χ0) is 19.9. The van der Waals surface area contributed by atoms with Crippen LogP contribution in [0.15, 0.2) is 24.3 Å². The van der Waals surface area contributed by atoms with Gasteiger partial charge in [0.25, 0.3) is 5.91 Å². The average Bonchev–Trinajstić information content (AvgIpc) is 3.23. The lowest BCUT2D eigenvalue weighted by atomic mass is 9.95. The van der Waals surface area contributed by atoms with Crippen LogP contribution in [0.3, 0.4) is 0 Å². The van der Waals surface area contributed by atoms with Gasteiger partial charge in [-0.15, -0.1) is 0 Å². The standard InChI is InChI=1S/C21H30ClN3O3/c1-28-15-10-23-20(26)19(16-6-2-3-7-16)24-11-13-25(14-12-24)21(27)17-8-4-5-9-18(17)22/h4-5,8-9,16,19H,2-3,6-7,10-15H2,1H3,(H,23,26). The quantitative estimate of drug-likeness (QED) is 0.705. The molecule has 1 aromatic carbocycles. The Kier molecular flexibility index (Phi) is 7.71. The number of benzene rings is 1. The van der Waals surface area contributed by atoms with Crippen LogP contribution < -0.4 is 5.32 Å². The molecule has 0 radical (unpaired) electrons. The van der Waals surface area contributed by atoms with Gasteiger partial charge in [-0.25, -0.2) is 0 Å². The zero-order valence-electron chi connectivity index (χ0n) is 16.5. The van der Waals surface area contributed by atoms with Crippen LogP contribution in [0.2, 0.25) is 5.02 Å². The number of piperazine rings is 1. The first-order chi connectivity index (χ1) is 13.6. The normalized spacial score (nSPS) is 19.6. The maximum absolute atomic E-state index is 12.9. The van der Waals surface area contributed by atoms with Gasteiger partial charge in [0.2, 0.25) is 5.91 Å². The number of nitrogens with one attached hydrogen (secondary N) is 1. The van der Waals surface area contributed by atoms with E-state index in [1.807, 2.05) is 17.0 Å². The van der Waals surface area contributed by atoms with E-state index in [2.05, 4.69) is 10.2 Å². The molecule has 1 aliphatic carbocycles. The van der Waals surface area contributed by atoms with Crippen molar-refractivity contribution in [3.8, 4) is 0 Å². The number of hydrogen-bond acceptors (Lipinski definition) is 4. The van der Waals surface area contributed by atoms with Gasteiger partial charge in [-0.1, -0.05) is 36.6 Å². The third kappa shape index (κ3) is 5.04. The molecule has 2 aliphatic rings. The summed E-state index contributed by atoms with van der Waals surface area (Å²) >= 11 is 6.18. The molecule has 1 aromatic rings. The lowest BCUT2D eigenvalue weighted by Crippen LogP contribution is -2.58. The minimum atomic E-state index is -0.114. The molecule has 1 unspecified atom stereocenters. The summed E-state index contributed by atoms with van der Waals surface area (Å²) in [5.74, 6) is 0.454. The van der Waals surface area contributed by atoms with Crippen molar-refractivity contribution < 1.29 is 14.3 Å². The largest absolute Gasteiger partial charge is 0.383 e. The molecule has 0 spiro atoms. The summed E-state index contributed by atoms with van der Waals surface area (Å²) in [6.07, 6.45) is 4.58. The Labute approximate surface area is 172 Å². The summed E-state index contributed by atoms with van der Waals surface area (Å²) in [6.45, 7) is 3.67. The van der Waals surface area contributed by atoms with Crippen LogP contribution in [0, 0.1) is 5.92 Å². The fourth-order valence-electron chi connectivity index (χ4n) is 4.34. The van der Waals surface area contributed by atoms with Crippen LogP contribution in [0.5, 0.6) is 0 Å². The second-order valence-corrected chi connectivity index (χ2v) is 7.99. The molecule has 154 valence electrons. The van der Waals surface area contributed by atoms with Crippen LogP contribution in [0.1, 0.15) is 36.0 Å². The Morgan fingerprint density at radius 3 is 2.50 bits per heavy atom. The van der Waals surface area contributed by atoms with Crippen LogP contribution in [-0.4, -0.2) is 74.1 Å². The lowest BCUT2D eigenvalue weighted by Gasteiger charge is -2.40. The molecule has 1 heterocycles. The molecule has 2 fully saturated rings. The summed E-state index contributed by atoms with van der Waals surface area (Å²) in [5.41, 5.74) is 0.544. The maximum Gasteiger partial charge on any atom is 0.255 e. The third-order valence-electron chi connectivity index (χ3n) is 5.82. The number of ether oxygens (including phenoxy) is 1. The van der Waals surface area contributed by atoms with E-state index in [4.69, 9.17) is 16.3 Å². The summed E-state index contributed by atoms with van der Waals surface area (Å²) in [4.78, 5) is 29.8. The highest BCUT2D eigenvalue weighted by atomic mass is 35.5. The van der Waals surface area contributed by atoms with Crippen molar-refractivity contribution in [2.45, 2.75) is 31.7 Å². The predicted molar refractivity (Wildman–Crippen MR) is 110 cm³/mol.